The molecule has 0 spiro atoms. The van der Waals surface area contributed by atoms with Crippen LogP contribution in [-0.2, 0) is 42.8 Å². The zero-order valence-electron chi connectivity index (χ0n) is 17.9. The van der Waals surface area contributed by atoms with Gasteiger partial charge in [0.1, 0.15) is 5.76 Å². The number of rotatable bonds is 4. The normalized spacial score (nSPS) is 13.3. The van der Waals surface area contributed by atoms with E-state index in [1.54, 1.807) is 12.5 Å². The minimum atomic E-state index is -5.08. The first-order valence-electron chi connectivity index (χ1n) is 9.52. The van der Waals surface area contributed by atoms with Gasteiger partial charge < -0.3 is 19.2 Å². The monoisotopic (exact) mass is 511 g/mol. The Labute approximate surface area is 193 Å². The molecule has 0 bridgehead atoms. The van der Waals surface area contributed by atoms with E-state index >= 15 is 0 Å². The van der Waals surface area contributed by atoms with Gasteiger partial charge in [-0.2, -0.15) is 31.4 Å². The maximum atomic E-state index is 10.6. The Hall–Kier alpha value is -3.82. The van der Waals surface area contributed by atoms with Gasteiger partial charge in [0.2, 0.25) is 0 Å². The fourth-order valence-electron chi connectivity index (χ4n) is 2.95. The number of imidazole rings is 1. The molecule has 0 fully saturated rings. The first-order chi connectivity index (χ1) is 16.2. The average Bonchev–Trinajstić information content (AvgIpc) is 3.51. The van der Waals surface area contributed by atoms with E-state index < -0.39 is 24.3 Å². The van der Waals surface area contributed by atoms with Gasteiger partial charge >= 0.3 is 24.3 Å². The molecule has 2 N–H and O–H groups in total. The van der Waals surface area contributed by atoms with Crippen LogP contribution in [-0.4, -0.2) is 58.7 Å². The summed E-state index contributed by atoms with van der Waals surface area (Å²) in [4.78, 5) is 24.3. The van der Waals surface area contributed by atoms with Gasteiger partial charge in [0.25, 0.3) is 0 Å². The molecule has 1 aliphatic heterocycles. The molecule has 35 heavy (non-hydrogen) atoms. The van der Waals surface area contributed by atoms with E-state index in [0.717, 1.165) is 37.6 Å². The highest BCUT2D eigenvalue weighted by atomic mass is 19.4. The van der Waals surface area contributed by atoms with Crippen molar-refractivity contribution in [3.63, 3.8) is 0 Å². The van der Waals surface area contributed by atoms with Gasteiger partial charge in [-0.15, -0.1) is 0 Å². The Balaban J connectivity index is 0.000000257. The van der Waals surface area contributed by atoms with Crippen LogP contribution >= 0.6 is 0 Å². The van der Waals surface area contributed by atoms with Crippen LogP contribution in [0.5, 0.6) is 0 Å². The van der Waals surface area contributed by atoms with Crippen molar-refractivity contribution < 1.29 is 50.6 Å². The number of carboxylic acids is 2. The Kier molecular flexibility index (Phi) is 8.67. The predicted octanol–water partition coefficient (Wildman–Crippen LogP) is 3.04. The van der Waals surface area contributed by atoms with Crippen LogP contribution in [0.25, 0.3) is 0 Å². The Morgan fingerprint density at radius 2 is 1.66 bits per heavy atom. The van der Waals surface area contributed by atoms with E-state index in [4.69, 9.17) is 24.2 Å². The van der Waals surface area contributed by atoms with Crippen LogP contribution in [0.1, 0.15) is 22.7 Å². The van der Waals surface area contributed by atoms with Crippen LogP contribution in [0.2, 0.25) is 0 Å². The number of hydrogen-bond donors (Lipinski definition) is 2. The smallest absolute Gasteiger partial charge is 0.475 e. The fraction of sp³-hybridized carbons (Fsp3) is 0.368. The largest absolute Gasteiger partial charge is 0.490 e. The van der Waals surface area contributed by atoms with E-state index in [1.807, 2.05) is 36.4 Å². The van der Waals surface area contributed by atoms with Gasteiger partial charge in [-0.05, 0) is 12.1 Å². The molecule has 0 saturated carbocycles. The number of fused-ring (bicyclic) bond motifs is 1. The summed E-state index contributed by atoms with van der Waals surface area (Å²) in [7, 11) is 2.02. The van der Waals surface area contributed by atoms with Crippen molar-refractivity contribution in [1.29, 1.82) is 0 Å². The Bertz CT molecular complexity index is 1080. The van der Waals surface area contributed by atoms with E-state index in [9.17, 15) is 26.3 Å². The topological polar surface area (TPSA) is 127 Å². The molecule has 0 saturated heterocycles. The van der Waals surface area contributed by atoms with Crippen molar-refractivity contribution in [3.8, 4) is 0 Å². The second kappa shape index (κ2) is 11.1. The highest BCUT2D eigenvalue weighted by Crippen LogP contribution is 2.27. The van der Waals surface area contributed by atoms with Crippen molar-refractivity contribution in [2.24, 2.45) is 7.05 Å². The maximum Gasteiger partial charge on any atom is 0.490 e. The molecule has 0 unspecified atom stereocenters. The van der Waals surface area contributed by atoms with E-state index in [0.29, 0.717) is 0 Å². The van der Waals surface area contributed by atoms with Crippen LogP contribution in [0.3, 0.4) is 0 Å². The number of furan rings is 1. The molecule has 0 atom stereocenters. The lowest BCUT2D eigenvalue weighted by atomic mass is 10.2. The number of halogens is 6. The second-order valence-electron chi connectivity index (χ2n) is 7.06. The number of aliphatic carboxylic acids is 2. The van der Waals surface area contributed by atoms with Gasteiger partial charge in [0.05, 0.1) is 37.1 Å². The zero-order chi connectivity index (χ0) is 26.4. The second-order valence-corrected chi connectivity index (χ2v) is 7.06. The highest BCUT2D eigenvalue weighted by molar-refractivity contribution is 5.73. The fourth-order valence-corrected chi connectivity index (χ4v) is 2.95. The molecule has 16 heteroatoms. The van der Waals surface area contributed by atoms with Crippen molar-refractivity contribution in [2.45, 2.75) is 38.5 Å². The summed E-state index contributed by atoms with van der Waals surface area (Å²) in [6, 6.07) is 3.96. The quantitative estimate of drug-likeness (QED) is 0.512. The zero-order valence-corrected chi connectivity index (χ0v) is 17.9. The number of carboxylic acid groups (broad SMARTS) is 2. The lowest BCUT2D eigenvalue weighted by Gasteiger charge is -2.13. The first kappa shape index (κ1) is 27.4. The van der Waals surface area contributed by atoms with Gasteiger partial charge in [0.15, 0.2) is 0 Å². The molecule has 3 aromatic rings. The third kappa shape index (κ3) is 8.16. The van der Waals surface area contributed by atoms with E-state index in [-0.39, 0.29) is 0 Å². The number of carbonyl (C=O) groups is 2. The molecule has 0 radical (unpaired) electrons. The minimum Gasteiger partial charge on any atom is -0.475 e. The molecule has 4 rings (SSSR count). The lowest BCUT2D eigenvalue weighted by molar-refractivity contribution is -0.193. The average molecular weight is 511 g/mol. The minimum absolute atomic E-state index is 0.776. The maximum absolute atomic E-state index is 10.6. The SMILES string of the molecule is Cn1nc(Cn2ccnc2)c2c1CN(Cc1ccco1)C2.O=C(O)C(F)(F)F.O=C(O)C(F)(F)F. The van der Waals surface area contributed by atoms with E-state index in [1.165, 1.54) is 11.3 Å². The Morgan fingerprint density at radius 3 is 2.11 bits per heavy atom. The first-order valence-corrected chi connectivity index (χ1v) is 9.52. The lowest BCUT2D eigenvalue weighted by Crippen LogP contribution is -2.21. The summed E-state index contributed by atoms with van der Waals surface area (Å²) < 4.78 is 73.0. The van der Waals surface area contributed by atoms with E-state index in [2.05, 4.69) is 19.5 Å². The van der Waals surface area contributed by atoms with Crippen LogP contribution in [0, 0.1) is 0 Å². The molecular weight excluding hydrogens is 492 g/mol. The molecule has 0 aromatic carbocycles. The van der Waals surface area contributed by atoms with Gasteiger partial charge in [0, 0.05) is 38.1 Å². The number of nitrogens with zero attached hydrogens (tertiary/aromatic N) is 5. The summed E-state index contributed by atoms with van der Waals surface area (Å²) in [5.41, 5.74) is 3.78. The number of aryl methyl sites for hydroxylation is 1. The summed E-state index contributed by atoms with van der Waals surface area (Å²) in [5, 5.41) is 18.9. The molecule has 4 heterocycles. The summed E-state index contributed by atoms with van der Waals surface area (Å²) in [6.07, 6.45) is -2.84. The van der Waals surface area contributed by atoms with Crippen molar-refractivity contribution in [2.75, 3.05) is 0 Å². The third-order valence-corrected chi connectivity index (χ3v) is 4.45. The molecule has 10 nitrogen and oxygen atoms in total. The van der Waals surface area contributed by atoms with Gasteiger partial charge in [-0.1, -0.05) is 0 Å². The predicted molar refractivity (Wildman–Crippen MR) is 104 cm³/mol. The summed E-state index contributed by atoms with van der Waals surface area (Å²) in [6.45, 7) is 3.46. The number of hydrogen-bond acceptors (Lipinski definition) is 6. The molecular formula is C19H19F6N5O5. The summed E-state index contributed by atoms with van der Waals surface area (Å²) >= 11 is 0. The molecule has 3 aromatic heterocycles. The van der Waals surface area contributed by atoms with Crippen molar-refractivity contribution in [1.82, 2.24) is 24.2 Å². The number of alkyl halides is 6. The van der Waals surface area contributed by atoms with Gasteiger partial charge in [-0.25, -0.2) is 14.6 Å². The van der Waals surface area contributed by atoms with Crippen LogP contribution in [0.4, 0.5) is 26.3 Å². The van der Waals surface area contributed by atoms with Crippen molar-refractivity contribution >= 4 is 11.9 Å². The molecule has 1 aliphatic rings. The van der Waals surface area contributed by atoms with Crippen LogP contribution < -0.4 is 0 Å². The van der Waals surface area contributed by atoms with Gasteiger partial charge in [-0.3, -0.25) is 9.58 Å². The summed E-state index contributed by atoms with van der Waals surface area (Å²) in [5.74, 6) is -4.51. The molecule has 192 valence electrons. The van der Waals surface area contributed by atoms with Crippen molar-refractivity contribution in [3.05, 3.63) is 59.8 Å². The number of aromatic nitrogens is 4. The highest BCUT2D eigenvalue weighted by Gasteiger charge is 2.38. The van der Waals surface area contributed by atoms with Crippen LogP contribution in [0.15, 0.2) is 41.5 Å². The third-order valence-electron chi connectivity index (χ3n) is 4.45. The molecule has 0 aliphatic carbocycles. The standard InChI is InChI=1S/C15H17N5O.2C2HF3O2/c1-18-15-10-20(7-12-3-2-6-21-12)8-13(15)14(17-18)9-19-5-4-16-11-19;2*3-2(4,5)1(6)7/h2-6,11H,7-10H2,1H3;2*(H,6,7). The Morgan fingerprint density at radius 1 is 1.06 bits per heavy atom. The molecule has 0 amide bonds.